The second kappa shape index (κ2) is 39.3. The molecule has 17 rings (SSSR count). The Bertz CT molecular complexity index is 5680. The van der Waals surface area contributed by atoms with E-state index in [-0.39, 0.29) is 0 Å². The first-order valence-corrected chi connectivity index (χ1v) is 42.2. The molecule has 0 unspecified atom stereocenters. The van der Waals surface area contributed by atoms with Crippen LogP contribution in [-0.2, 0) is 19.6 Å². The highest BCUT2D eigenvalue weighted by Crippen LogP contribution is 2.40. The number of aliphatic imine (C=N–C) groups is 4. The maximum Gasteiger partial charge on any atom is 0.169 e. The number of aryl methyl sites for hydroxylation is 3. The molecule has 2 N–H and O–H groups in total. The van der Waals surface area contributed by atoms with Crippen molar-refractivity contribution in [1.82, 2.24) is 19.9 Å². The van der Waals surface area contributed by atoms with Crippen LogP contribution in [0.3, 0.4) is 0 Å². The van der Waals surface area contributed by atoms with Crippen molar-refractivity contribution < 1.29 is 38.0 Å². The molecule has 0 amide bonds. The topological polar surface area (TPSA) is 157 Å². The molecule has 120 heavy (non-hydrogen) atoms. The summed E-state index contributed by atoms with van der Waals surface area (Å²) in [6.07, 6.45) is 70.2. The monoisotopic (exact) mass is 1580 g/mol. The highest BCUT2D eigenvalue weighted by Gasteiger charge is 2.29. The average molecular weight is 1580 g/mol. The number of nitrogens with zero attached hydrogens (tertiary/aromatic N) is 11. The molecule has 7 aliphatic heterocycles. The fourth-order valence-electron chi connectivity index (χ4n) is 15.7. The third-order valence-corrected chi connectivity index (χ3v) is 22.2. The van der Waals surface area contributed by atoms with Crippen LogP contribution in [0.15, 0.2) is 396 Å². The van der Waals surface area contributed by atoms with Crippen LogP contribution < -0.4 is 38.0 Å². The second-order valence-corrected chi connectivity index (χ2v) is 30.5. The van der Waals surface area contributed by atoms with Crippen molar-refractivity contribution >= 4 is 45.1 Å². The van der Waals surface area contributed by atoms with Crippen LogP contribution in [0.5, 0.6) is 23.0 Å². The third-order valence-electron chi connectivity index (χ3n) is 22.2. The first kappa shape index (κ1) is 78.6. The third kappa shape index (κ3) is 20.2. The number of unbranched alkanes of at least 4 members (excludes halogenated alkanes) is 8. The number of nitrogens with two attached hydrogens (primary N) is 1. The zero-order chi connectivity index (χ0) is 80.7. The molecule has 16 nitrogen and oxygen atoms in total. The molecule has 0 aliphatic carbocycles. The molecule has 0 spiro atoms. The molecule has 594 valence electrons. The normalized spacial score (nSPS) is 15.1. The van der Waals surface area contributed by atoms with Crippen molar-refractivity contribution in [2.24, 2.45) is 20.0 Å². The molecular weight excluding hydrogens is 1480 g/mol. The van der Waals surface area contributed by atoms with Gasteiger partial charge in [0.15, 0.2) is 37.2 Å². The van der Waals surface area contributed by atoms with E-state index in [0.29, 0.717) is 26.4 Å². The van der Waals surface area contributed by atoms with Gasteiger partial charge in [0.25, 0.3) is 0 Å². The van der Waals surface area contributed by atoms with E-state index in [4.69, 9.17) is 38.9 Å². The van der Waals surface area contributed by atoms with E-state index in [2.05, 4.69) is 307 Å². The van der Waals surface area contributed by atoms with Crippen molar-refractivity contribution in [3.63, 3.8) is 0 Å². The lowest BCUT2D eigenvalue weighted by Crippen LogP contribution is -2.71. The molecule has 7 aliphatic rings. The van der Waals surface area contributed by atoms with Crippen molar-refractivity contribution in [2.45, 2.75) is 96.7 Å². The zero-order valence-electron chi connectivity index (χ0n) is 67.6. The summed E-state index contributed by atoms with van der Waals surface area (Å²) in [6, 6.07) is 58.9. The van der Waals surface area contributed by atoms with Crippen molar-refractivity contribution in [1.29, 1.82) is 0 Å². The van der Waals surface area contributed by atoms with Crippen molar-refractivity contribution in [2.75, 3.05) is 33.0 Å². The number of ether oxygens (including phenoxy) is 4. The maximum absolute atomic E-state index is 6.47. The van der Waals surface area contributed by atoms with E-state index in [1.165, 1.54) is 27.8 Å². The smallest absolute Gasteiger partial charge is 0.169 e. The number of pyridine rings is 6. The first-order valence-electron chi connectivity index (χ1n) is 42.2. The molecule has 0 saturated heterocycles. The number of aromatic nitrogens is 6. The van der Waals surface area contributed by atoms with E-state index in [1.54, 1.807) is 0 Å². The number of rotatable bonds is 35. The van der Waals surface area contributed by atoms with Gasteiger partial charge in [-0.15, -0.1) is 0 Å². The van der Waals surface area contributed by atoms with Crippen molar-refractivity contribution in [3.05, 3.63) is 398 Å². The van der Waals surface area contributed by atoms with Gasteiger partial charge in [-0.1, -0.05) is 48.5 Å². The highest BCUT2D eigenvalue weighted by molar-refractivity contribution is 6.39. The maximum atomic E-state index is 6.47. The molecule has 16 heteroatoms. The van der Waals surface area contributed by atoms with Gasteiger partial charge in [-0.05, 0) is 282 Å². The summed E-state index contributed by atoms with van der Waals surface area (Å²) in [7, 11) is 0. The van der Waals surface area contributed by atoms with E-state index in [0.717, 1.165) is 233 Å². The number of hydrogen-bond donors (Lipinski definition) is 1. The Morgan fingerprint density at radius 2 is 0.517 bits per heavy atom. The number of quaternary nitrogens is 1. The molecule has 6 aromatic heterocycles. The molecular formula is C104H98N12O4+4. The van der Waals surface area contributed by atoms with Gasteiger partial charge in [0.1, 0.15) is 42.6 Å². The fourth-order valence-corrected chi connectivity index (χ4v) is 15.7. The summed E-state index contributed by atoms with van der Waals surface area (Å²) in [5.41, 5.74) is 23.0. The molecule has 0 radical (unpaired) electrons. The number of fused-ring (bicyclic) bond motifs is 4. The Labute approximate surface area is 702 Å². The summed E-state index contributed by atoms with van der Waals surface area (Å²) < 4.78 is 32.6. The van der Waals surface area contributed by atoms with Gasteiger partial charge in [0, 0.05) is 134 Å². The van der Waals surface area contributed by atoms with E-state index in [1.807, 2.05) is 73.6 Å². The predicted octanol–water partition coefficient (Wildman–Crippen LogP) is 19.3. The molecule has 0 saturated carbocycles. The number of benzene rings is 4. The van der Waals surface area contributed by atoms with Crippen LogP contribution in [0.2, 0.25) is 0 Å². The Kier molecular flexibility index (Phi) is 25.7. The van der Waals surface area contributed by atoms with Crippen LogP contribution >= 0.6 is 0 Å². The minimum absolute atomic E-state index is 0.609. The van der Waals surface area contributed by atoms with Crippen molar-refractivity contribution in [3.8, 4) is 56.4 Å². The standard InChI is InChI=1S/C104H97N12O4/c1(5-61-113-65-45-81(46-66-113)77-37-53-105-54-38-77)9-73-117-89-21-13-85(14-22-89)101-93-29-31-95(109-93)102(86-15-23-90(24-16-86)118-74-10-2-6-62-114-67-47-82(48-68-114)78-39-55-106-56-40-78)97-33-35-99(111-97)104(88-19-27-92(28-20-88)120-76-12-4-8-64-116-71-51-84(52-72-116)80-43-59-108-60-44-80)100-36-34-98(112-100)103(96-32-30-94(101)110-96)87-17-25-91(26-18-87)119-75-11-3-7-63-115-69-49-83(50-70-115)79-41-57-107-58-42-79/h13-60,65-72,105H,1-12,61-64,73-76H2/q+3/p+1. The molecule has 4 aromatic carbocycles. The minimum Gasteiger partial charge on any atom is -0.494 e. The van der Waals surface area contributed by atoms with Crippen LogP contribution in [0, 0.1) is 0 Å². The van der Waals surface area contributed by atoms with Gasteiger partial charge >= 0.3 is 0 Å². The van der Waals surface area contributed by atoms with E-state index in [9.17, 15) is 0 Å². The Morgan fingerprint density at radius 3 is 0.808 bits per heavy atom. The molecule has 10 aromatic rings. The zero-order valence-corrected chi connectivity index (χ0v) is 67.6. The van der Waals surface area contributed by atoms with Crippen LogP contribution in [-0.4, -0.2) is 75.7 Å². The molecule has 13 heterocycles. The lowest BCUT2D eigenvalue weighted by molar-refractivity contribution is -0.697. The summed E-state index contributed by atoms with van der Waals surface area (Å²) in [5.74, 6) is 3.22. The van der Waals surface area contributed by atoms with Gasteiger partial charge < -0.3 is 23.8 Å². The summed E-state index contributed by atoms with van der Waals surface area (Å²) in [4.78, 5) is 37.4. The summed E-state index contributed by atoms with van der Waals surface area (Å²) >= 11 is 0. The molecule has 0 atom stereocenters. The molecule has 0 fully saturated rings. The SMILES string of the molecule is C1=CC(=C2C=CN(CCCCCOc3ccc(C4=C5C=CC(=N5)C(c5ccc(OCCCCC[n+]6ccc(-c7ccncc7)cc6)cc5)=C5C=CC(=N5)C(c5ccc(OCCCCC[n+]6ccc(-c7ccncc7)cc6)cc5)=C5C=CC(=N5)C(c5ccc(OCCCCC[n+]6ccc(-c7ccncc7)cc6)cc5)=C5C=CC4=N5)cc3)C=C2)C=C[NH2+]1. The Hall–Kier alpha value is -14.0. The number of allylic oxidation sites excluding steroid dienone is 18. The van der Waals surface area contributed by atoms with Gasteiger partial charge in [-0.3, -0.25) is 20.3 Å². The van der Waals surface area contributed by atoms with Gasteiger partial charge in [0.05, 0.1) is 84.5 Å². The fraction of sp³-hybridized carbons (Fsp3) is 0.192. The summed E-state index contributed by atoms with van der Waals surface area (Å²) in [6.45, 7) is 6.21. The Morgan fingerprint density at radius 1 is 0.250 bits per heavy atom. The Balaban J connectivity index is 0.638. The van der Waals surface area contributed by atoms with E-state index < -0.39 is 0 Å². The lowest BCUT2D eigenvalue weighted by atomic mass is 9.98. The largest absolute Gasteiger partial charge is 0.494 e. The van der Waals surface area contributed by atoms with Gasteiger partial charge in [-0.25, -0.2) is 33.7 Å². The highest BCUT2D eigenvalue weighted by atomic mass is 16.5. The number of hydrogen-bond acceptors (Lipinski definition) is 12. The average Bonchev–Trinajstić information content (AvgIpc) is 1.61. The minimum atomic E-state index is 0.609. The van der Waals surface area contributed by atoms with Gasteiger partial charge in [-0.2, -0.15) is 0 Å². The quantitative estimate of drug-likeness (QED) is 0.0304. The van der Waals surface area contributed by atoms with Crippen LogP contribution in [0.25, 0.3) is 55.7 Å². The summed E-state index contributed by atoms with van der Waals surface area (Å²) in [5, 5.41) is 2.06. The second-order valence-electron chi connectivity index (χ2n) is 30.5. The first-order chi connectivity index (χ1) is 59.5. The van der Waals surface area contributed by atoms with E-state index >= 15 is 0 Å². The van der Waals surface area contributed by atoms with Gasteiger partial charge in [0.2, 0.25) is 0 Å². The lowest BCUT2D eigenvalue weighted by Gasteiger charge is -2.19. The van der Waals surface area contributed by atoms with Crippen LogP contribution in [0.4, 0.5) is 0 Å². The predicted molar refractivity (Wildman–Crippen MR) is 479 cm³/mol. The van der Waals surface area contributed by atoms with Crippen LogP contribution in [0.1, 0.15) is 99.3 Å². The molecule has 8 bridgehead atoms.